The van der Waals surface area contributed by atoms with Gasteiger partial charge in [-0.3, -0.25) is 0 Å². The highest BCUT2D eigenvalue weighted by Gasteiger charge is 2.28. The molecule has 2 aliphatic heterocycles. The third-order valence-corrected chi connectivity index (χ3v) is 21.9. The third-order valence-electron chi connectivity index (χ3n) is 14.7. The van der Waals surface area contributed by atoms with Crippen LogP contribution < -0.4 is 0 Å². The van der Waals surface area contributed by atoms with Gasteiger partial charge in [-0.15, -0.1) is 90.7 Å². The van der Waals surface area contributed by atoms with Crippen LogP contribution >= 0.6 is 90.7 Å². The first-order chi connectivity index (χ1) is 39.6. The van der Waals surface area contributed by atoms with Crippen molar-refractivity contribution in [1.29, 1.82) is 0 Å². The van der Waals surface area contributed by atoms with Crippen molar-refractivity contribution < 1.29 is 0 Å². The Morgan fingerprint density at radius 1 is 0.212 bits per heavy atom. The highest BCUT2D eigenvalue weighted by atomic mass is 32.1. The summed E-state index contributed by atoms with van der Waals surface area (Å²) in [6, 6.07) is 52.6. The second-order valence-electron chi connectivity index (χ2n) is 19.2. The van der Waals surface area contributed by atoms with E-state index in [2.05, 4.69) is 199 Å². The monoisotopic (exact) mass is 1170 g/mol. The van der Waals surface area contributed by atoms with Gasteiger partial charge < -0.3 is 9.97 Å². The molecule has 15 aromatic rings. The molecule has 0 aliphatic carbocycles. The third kappa shape index (κ3) is 7.66. The number of hydrogen-bond acceptors (Lipinski definition) is 14. The molecule has 2 N–H and O–H groups in total. The van der Waals surface area contributed by atoms with Gasteiger partial charge in [0.15, 0.2) is 23.3 Å². The molecule has 80 heavy (non-hydrogen) atoms. The van der Waals surface area contributed by atoms with Crippen molar-refractivity contribution in [3.63, 3.8) is 0 Å². The minimum absolute atomic E-state index is 0.553. The lowest BCUT2D eigenvalue weighted by Crippen LogP contribution is -1.88. The molecule has 2 aliphatic rings. The highest BCUT2D eigenvalue weighted by Crippen LogP contribution is 2.49. The lowest BCUT2D eigenvalue weighted by molar-refractivity contribution is 1.19. The molecule has 378 valence electrons. The Labute approximate surface area is 488 Å². The van der Waals surface area contributed by atoms with Gasteiger partial charge in [0, 0.05) is 127 Å². The van der Waals surface area contributed by atoms with Crippen molar-refractivity contribution in [2.75, 3.05) is 0 Å². The van der Waals surface area contributed by atoms with Gasteiger partial charge in [-0.25, -0.2) is 29.9 Å². The maximum absolute atomic E-state index is 5.64. The average Bonchev–Trinajstić information content (AvgIpc) is 4.47. The minimum Gasteiger partial charge on any atom is -0.324 e. The van der Waals surface area contributed by atoms with Crippen molar-refractivity contribution in [3.8, 4) is 129 Å². The van der Waals surface area contributed by atoms with Crippen LogP contribution in [0, 0.1) is 0 Å². The number of benzene rings is 4. The maximum Gasteiger partial charge on any atom is 0.164 e. The summed E-state index contributed by atoms with van der Waals surface area (Å²) in [7, 11) is 0. The summed E-state index contributed by atoms with van der Waals surface area (Å²) in [6.07, 6.45) is 0. The predicted octanol–water partition coefficient (Wildman–Crippen LogP) is 20.7. The van der Waals surface area contributed by atoms with E-state index in [4.69, 9.17) is 29.9 Å². The Bertz CT molecular complexity index is 4400. The Morgan fingerprint density at radius 2 is 0.400 bits per heavy atom. The van der Waals surface area contributed by atoms with Crippen molar-refractivity contribution in [2.24, 2.45) is 0 Å². The van der Waals surface area contributed by atoms with Crippen LogP contribution in [0.25, 0.3) is 173 Å². The number of H-pyrrole nitrogens is 2. The van der Waals surface area contributed by atoms with Crippen molar-refractivity contribution in [2.45, 2.75) is 0 Å². The predicted molar refractivity (Wildman–Crippen MR) is 343 cm³/mol. The first kappa shape index (κ1) is 46.7. The molecule has 13 heterocycles. The second-order valence-corrected chi connectivity index (χ2v) is 26.8. The standard InChI is InChI=1S/C64H34N8S8/c1-9-49(73-17-1)33-25-41-42(26-34(33)50-10-2-18-74-50)58-65-57(41)69-59-43-27-35(51-11-3-19-75-51)36(52-12-4-20-76-52)28-44(43)61(66-59)71-63-47-31-39(55-15-7-23-79-55)40(56-16-8-24-80-56)32-48(47)64(68-63)72-62-46-30-38(54-14-6-22-78-54)37(53-13-5-21-77-53)29-45(46)60(67-62)70-58/h1-32H,(H2,65,66,67,68,69,70,71,72). The first-order valence-corrected chi connectivity index (χ1v) is 32.5. The van der Waals surface area contributed by atoms with Gasteiger partial charge in [0.1, 0.15) is 22.6 Å². The molecule has 0 fully saturated rings. The summed E-state index contributed by atoms with van der Waals surface area (Å²) in [5.41, 5.74) is 15.1. The van der Waals surface area contributed by atoms with E-state index in [-0.39, 0.29) is 0 Å². The van der Waals surface area contributed by atoms with Crippen LogP contribution in [0.1, 0.15) is 0 Å². The van der Waals surface area contributed by atoms with Crippen molar-refractivity contribution in [3.05, 3.63) is 189 Å². The normalized spacial score (nSPS) is 12.0. The van der Waals surface area contributed by atoms with E-state index in [1.165, 1.54) is 19.5 Å². The summed E-state index contributed by atoms with van der Waals surface area (Å²) in [6.45, 7) is 0. The average molecular weight is 1170 g/mol. The van der Waals surface area contributed by atoms with Crippen molar-refractivity contribution in [1.82, 2.24) is 39.9 Å². The molecule has 0 unspecified atom stereocenters. The van der Waals surface area contributed by atoms with Crippen LogP contribution in [0.4, 0.5) is 0 Å². The molecular weight excluding hydrogens is 1140 g/mol. The van der Waals surface area contributed by atoms with Crippen LogP contribution in [0.15, 0.2) is 189 Å². The van der Waals surface area contributed by atoms with Crippen molar-refractivity contribution >= 4 is 135 Å². The summed E-state index contributed by atoms with van der Waals surface area (Å²) < 4.78 is 0. The van der Waals surface area contributed by atoms with E-state index >= 15 is 0 Å². The van der Waals surface area contributed by atoms with E-state index in [1.54, 1.807) is 90.7 Å². The zero-order valence-electron chi connectivity index (χ0n) is 41.4. The van der Waals surface area contributed by atoms with Gasteiger partial charge >= 0.3 is 0 Å². The Hall–Kier alpha value is -8.16. The van der Waals surface area contributed by atoms with Gasteiger partial charge in [-0.05, 0) is 140 Å². The molecule has 17 rings (SSSR count). The van der Waals surface area contributed by atoms with Crippen LogP contribution in [-0.2, 0) is 0 Å². The maximum atomic E-state index is 5.64. The van der Waals surface area contributed by atoms with Crippen LogP contribution in [0.3, 0.4) is 0 Å². The fourth-order valence-corrected chi connectivity index (χ4v) is 17.1. The fraction of sp³-hybridized carbons (Fsp3) is 0. The van der Waals surface area contributed by atoms with E-state index in [1.807, 2.05) is 0 Å². The van der Waals surface area contributed by atoms with E-state index in [0.717, 1.165) is 108 Å². The van der Waals surface area contributed by atoms with Gasteiger partial charge in [-0.2, -0.15) is 0 Å². The molecule has 4 aromatic carbocycles. The molecule has 8 nitrogen and oxygen atoms in total. The molecule has 8 bridgehead atoms. The zero-order chi connectivity index (χ0) is 52.4. The molecule has 0 atom stereocenters. The lowest BCUT2D eigenvalue weighted by Gasteiger charge is -2.10. The first-order valence-electron chi connectivity index (χ1n) is 25.5. The Morgan fingerprint density at radius 3 is 0.575 bits per heavy atom. The van der Waals surface area contributed by atoms with Gasteiger partial charge in [0.2, 0.25) is 0 Å². The smallest absolute Gasteiger partial charge is 0.164 e. The molecule has 0 amide bonds. The van der Waals surface area contributed by atoms with E-state index in [0.29, 0.717) is 45.9 Å². The summed E-state index contributed by atoms with van der Waals surface area (Å²) in [5, 5.41) is 20.8. The SMILES string of the molecule is c1csc(-c2cc3c(cc2-c2cccs2)-c2nc-3nc3[nH]c(nc4nc(nc5[nH]c(n2)c2cc(-c6cccs6)c(-c6cccs6)cc52)-c2cc(-c5cccs5)c(-c5cccs5)cc2-4)c2cc(-c4cccs4)c(-c4cccs4)cc32)c1. The number of nitrogens with one attached hydrogen (secondary N) is 2. The number of aromatic amines is 2. The minimum atomic E-state index is 0.553. The Balaban J connectivity index is 1.05. The Kier molecular flexibility index (Phi) is 10.9. The van der Waals surface area contributed by atoms with E-state index in [9.17, 15) is 0 Å². The highest BCUT2D eigenvalue weighted by molar-refractivity contribution is 7.16. The van der Waals surface area contributed by atoms with Gasteiger partial charge in [0.05, 0.1) is 0 Å². The van der Waals surface area contributed by atoms with Gasteiger partial charge in [0.25, 0.3) is 0 Å². The summed E-state index contributed by atoms with van der Waals surface area (Å²) in [5.74, 6) is 2.21. The number of thiophene rings is 8. The number of hydrogen-bond donors (Lipinski definition) is 2. The number of nitrogens with zero attached hydrogens (tertiary/aromatic N) is 6. The molecule has 0 saturated heterocycles. The zero-order valence-corrected chi connectivity index (χ0v) is 48.0. The lowest BCUT2D eigenvalue weighted by atomic mass is 9.96. The second kappa shape index (κ2) is 18.7. The van der Waals surface area contributed by atoms with Gasteiger partial charge in [-0.1, -0.05) is 48.5 Å². The number of aromatic nitrogens is 8. The molecule has 0 radical (unpaired) electrons. The fourth-order valence-electron chi connectivity index (χ4n) is 11.1. The quantitative estimate of drug-likeness (QED) is 0.157. The molecule has 0 saturated carbocycles. The summed E-state index contributed by atoms with van der Waals surface area (Å²) >= 11 is 13.8. The number of fused-ring (bicyclic) bond motifs is 20. The van der Waals surface area contributed by atoms with Crippen LogP contribution in [0.5, 0.6) is 0 Å². The molecule has 0 spiro atoms. The molecule has 11 aromatic heterocycles. The molecular formula is C64H34N8S8. The number of rotatable bonds is 8. The van der Waals surface area contributed by atoms with E-state index < -0.39 is 0 Å². The molecule has 16 heteroatoms. The largest absolute Gasteiger partial charge is 0.324 e. The van der Waals surface area contributed by atoms with Crippen LogP contribution in [-0.4, -0.2) is 39.9 Å². The van der Waals surface area contributed by atoms with Crippen LogP contribution in [0.2, 0.25) is 0 Å². The topological polar surface area (TPSA) is 109 Å². The summed E-state index contributed by atoms with van der Waals surface area (Å²) in [4.78, 5) is 50.5.